The minimum atomic E-state index is -0.164. The molecule has 6 nitrogen and oxygen atoms in total. The van der Waals surface area contributed by atoms with Gasteiger partial charge in [-0.15, -0.1) is 12.4 Å². The van der Waals surface area contributed by atoms with Gasteiger partial charge >= 0.3 is 0 Å². The van der Waals surface area contributed by atoms with E-state index >= 15 is 0 Å². The Morgan fingerprint density at radius 3 is 2.52 bits per heavy atom. The second-order valence-corrected chi connectivity index (χ2v) is 5.30. The van der Waals surface area contributed by atoms with Crippen molar-refractivity contribution in [2.24, 2.45) is 5.92 Å². The maximum absolute atomic E-state index is 12.4. The predicted molar refractivity (Wildman–Crippen MR) is 91.3 cm³/mol. The molecule has 0 aromatic heterocycles. The lowest BCUT2D eigenvalue weighted by Gasteiger charge is -2.23. The van der Waals surface area contributed by atoms with Gasteiger partial charge in [0.25, 0.3) is 5.91 Å². The van der Waals surface area contributed by atoms with Gasteiger partial charge in [0, 0.05) is 6.54 Å². The van der Waals surface area contributed by atoms with Crippen molar-refractivity contribution in [1.29, 1.82) is 0 Å². The highest BCUT2D eigenvalue weighted by Gasteiger charge is 2.21. The van der Waals surface area contributed by atoms with Crippen LogP contribution in [0.1, 0.15) is 23.2 Å². The summed E-state index contributed by atoms with van der Waals surface area (Å²) in [6, 6.07) is 3.40. The predicted octanol–water partition coefficient (Wildman–Crippen LogP) is 1.86. The number of halogens is 1. The van der Waals surface area contributed by atoms with E-state index in [1.165, 1.54) is 14.2 Å². The van der Waals surface area contributed by atoms with Crippen LogP contribution in [0.15, 0.2) is 12.1 Å². The summed E-state index contributed by atoms with van der Waals surface area (Å²) in [6.07, 6.45) is 2.29. The third kappa shape index (κ3) is 4.65. The highest BCUT2D eigenvalue weighted by molar-refractivity contribution is 5.98. The first-order valence-electron chi connectivity index (χ1n) is 7.49. The molecule has 1 aromatic carbocycles. The van der Waals surface area contributed by atoms with Crippen LogP contribution in [0.2, 0.25) is 0 Å². The molecule has 2 N–H and O–H groups in total. The Morgan fingerprint density at radius 1 is 1.22 bits per heavy atom. The van der Waals surface area contributed by atoms with Crippen molar-refractivity contribution in [2.75, 3.05) is 41.0 Å². The summed E-state index contributed by atoms with van der Waals surface area (Å²) < 4.78 is 15.9. The average Bonchev–Trinajstić information content (AvgIpc) is 2.58. The zero-order valence-electron chi connectivity index (χ0n) is 13.8. The van der Waals surface area contributed by atoms with Crippen LogP contribution in [0, 0.1) is 5.92 Å². The van der Waals surface area contributed by atoms with E-state index in [9.17, 15) is 4.79 Å². The number of rotatable bonds is 6. The summed E-state index contributed by atoms with van der Waals surface area (Å²) in [7, 11) is 4.59. The van der Waals surface area contributed by atoms with Crippen molar-refractivity contribution in [3.05, 3.63) is 17.7 Å². The Balaban J connectivity index is 0.00000264. The molecule has 1 atom stereocenters. The lowest BCUT2D eigenvalue weighted by molar-refractivity contribution is 0.0941. The van der Waals surface area contributed by atoms with Crippen LogP contribution in [0.25, 0.3) is 0 Å². The average molecular weight is 345 g/mol. The Hall–Kier alpha value is -1.66. The lowest BCUT2D eigenvalue weighted by Crippen LogP contribution is -2.38. The molecule has 0 aliphatic carbocycles. The fourth-order valence-electron chi connectivity index (χ4n) is 2.71. The second kappa shape index (κ2) is 9.47. The number of hydrogen-bond donors (Lipinski definition) is 2. The molecule has 0 saturated carbocycles. The van der Waals surface area contributed by atoms with Crippen LogP contribution in [0.3, 0.4) is 0 Å². The first-order valence-corrected chi connectivity index (χ1v) is 7.49. The van der Waals surface area contributed by atoms with Gasteiger partial charge < -0.3 is 24.8 Å². The van der Waals surface area contributed by atoms with Gasteiger partial charge in [-0.25, -0.2) is 0 Å². The first-order chi connectivity index (χ1) is 10.7. The van der Waals surface area contributed by atoms with E-state index in [4.69, 9.17) is 14.2 Å². The lowest BCUT2D eigenvalue weighted by atomic mass is 9.99. The molecule has 1 fully saturated rings. The number of benzene rings is 1. The molecule has 1 unspecified atom stereocenters. The fourth-order valence-corrected chi connectivity index (χ4v) is 2.71. The molecule has 1 aliphatic heterocycles. The molecule has 1 aromatic rings. The maximum Gasteiger partial charge on any atom is 0.255 e. The minimum Gasteiger partial charge on any atom is -0.493 e. The smallest absolute Gasteiger partial charge is 0.255 e. The Morgan fingerprint density at radius 2 is 1.96 bits per heavy atom. The minimum absolute atomic E-state index is 0. The number of carbonyl (C=O) groups excluding carboxylic acids is 1. The van der Waals surface area contributed by atoms with Crippen molar-refractivity contribution >= 4 is 18.3 Å². The zero-order chi connectivity index (χ0) is 15.9. The van der Waals surface area contributed by atoms with Gasteiger partial charge in [-0.2, -0.15) is 0 Å². The molecule has 0 spiro atoms. The number of amides is 1. The molecule has 7 heteroatoms. The van der Waals surface area contributed by atoms with Gasteiger partial charge in [0.2, 0.25) is 5.75 Å². The number of piperidine rings is 1. The molecule has 1 saturated heterocycles. The van der Waals surface area contributed by atoms with Gasteiger partial charge in [0.1, 0.15) is 0 Å². The van der Waals surface area contributed by atoms with E-state index in [-0.39, 0.29) is 18.3 Å². The fraction of sp³-hybridized carbons (Fsp3) is 0.562. The molecule has 1 aliphatic rings. The molecule has 2 rings (SSSR count). The normalized spacial score (nSPS) is 16.9. The van der Waals surface area contributed by atoms with Crippen LogP contribution in [-0.2, 0) is 0 Å². The Bertz CT molecular complexity index is 519. The first kappa shape index (κ1) is 19.4. The van der Waals surface area contributed by atoms with Crippen LogP contribution >= 0.6 is 12.4 Å². The number of nitrogens with one attached hydrogen (secondary N) is 2. The maximum atomic E-state index is 12.4. The molecule has 0 bridgehead atoms. The number of hydrogen-bond acceptors (Lipinski definition) is 5. The molecule has 1 amide bonds. The van der Waals surface area contributed by atoms with Crippen LogP contribution in [-0.4, -0.2) is 46.9 Å². The van der Waals surface area contributed by atoms with Crippen molar-refractivity contribution in [3.8, 4) is 17.2 Å². The van der Waals surface area contributed by atoms with Crippen molar-refractivity contribution in [3.63, 3.8) is 0 Å². The number of ether oxygens (including phenoxy) is 3. The van der Waals surface area contributed by atoms with Gasteiger partial charge in [0.15, 0.2) is 11.5 Å². The van der Waals surface area contributed by atoms with E-state index in [0.29, 0.717) is 35.3 Å². The van der Waals surface area contributed by atoms with E-state index in [1.807, 2.05) is 0 Å². The summed E-state index contributed by atoms with van der Waals surface area (Å²) in [4.78, 5) is 12.4. The monoisotopic (exact) mass is 344 g/mol. The molecule has 0 radical (unpaired) electrons. The van der Waals surface area contributed by atoms with Gasteiger partial charge in [-0.3, -0.25) is 4.79 Å². The third-order valence-corrected chi connectivity index (χ3v) is 3.90. The van der Waals surface area contributed by atoms with E-state index in [0.717, 1.165) is 25.9 Å². The van der Waals surface area contributed by atoms with Crippen LogP contribution in [0.4, 0.5) is 0 Å². The molecule has 23 heavy (non-hydrogen) atoms. The van der Waals surface area contributed by atoms with Crippen LogP contribution in [0.5, 0.6) is 17.2 Å². The van der Waals surface area contributed by atoms with Crippen LogP contribution < -0.4 is 24.8 Å². The summed E-state index contributed by atoms with van der Waals surface area (Å²) in [5, 5.41) is 6.32. The van der Waals surface area contributed by atoms with Crippen molar-refractivity contribution < 1.29 is 19.0 Å². The van der Waals surface area contributed by atoms with Gasteiger partial charge in [0.05, 0.1) is 26.9 Å². The van der Waals surface area contributed by atoms with E-state index in [2.05, 4.69) is 10.6 Å². The summed E-state index contributed by atoms with van der Waals surface area (Å²) in [6.45, 7) is 2.67. The SMILES string of the molecule is COc1ccc(C(=O)NCC2CCCNC2)c(OC)c1OC.Cl. The van der Waals surface area contributed by atoms with Gasteiger partial charge in [-0.05, 0) is 44.0 Å². The standard InChI is InChI=1S/C16H24N2O4.ClH/c1-20-13-7-6-12(14(21-2)15(13)22-3)16(19)18-10-11-5-4-8-17-9-11;/h6-7,11,17H,4-5,8-10H2,1-3H3,(H,18,19);1H. The van der Waals surface area contributed by atoms with E-state index < -0.39 is 0 Å². The summed E-state index contributed by atoms with van der Waals surface area (Å²) >= 11 is 0. The van der Waals surface area contributed by atoms with Crippen molar-refractivity contribution in [1.82, 2.24) is 10.6 Å². The largest absolute Gasteiger partial charge is 0.493 e. The number of methoxy groups -OCH3 is 3. The molecular weight excluding hydrogens is 320 g/mol. The second-order valence-electron chi connectivity index (χ2n) is 5.30. The van der Waals surface area contributed by atoms with Gasteiger partial charge in [-0.1, -0.05) is 0 Å². The summed E-state index contributed by atoms with van der Waals surface area (Å²) in [5.74, 6) is 1.66. The molecule has 1 heterocycles. The quantitative estimate of drug-likeness (QED) is 0.824. The zero-order valence-corrected chi connectivity index (χ0v) is 14.6. The Labute approximate surface area is 143 Å². The van der Waals surface area contributed by atoms with Crippen molar-refractivity contribution in [2.45, 2.75) is 12.8 Å². The Kier molecular flexibility index (Phi) is 7.98. The third-order valence-electron chi connectivity index (χ3n) is 3.90. The highest BCUT2D eigenvalue weighted by Crippen LogP contribution is 2.39. The topological polar surface area (TPSA) is 68.8 Å². The molecular formula is C16H25ClN2O4. The number of carbonyl (C=O) groups is 1. The molecule has 130 valence electrons. The highest BCUT2D eigenvalue weighted by atomic mass is 35.5. The van der Waals surface area contributed by atoms with E-state index in [1.54, 1.807) is 19.2 Å². The summed E-state index contributed by atoms with van der Waals surface area (Å²) in [5.41, 5.74) is 0.448.